The molecule has 2 heterocycles. The van der Waals surface area contributed by atoms with Gasteiger partial charge in [-0.25, -0.2) is 4.98 Å². The van der Waals surface area contributed by atoms with Crippen molar-refractivity contribution in [3.8, 4) is 0 Å². The lowest BCUT2D eigenvalue weighted by atomic mass is 9.89. The molecule has 2 unspecified atom stereocenters. The van der Waals surface area contributed by atoms with Crippen LogP contribution in [0.2, 0.25) is 0 Å². The summed E-state index contributed by atoms with van der Waals surface area (Å²) in [7, 11) is 1.47. The molecule has 154 valence electrons. The molecule has 2 aliphatic rings. The number of alkyl halides is 3. The third-order valence-electron chi connectivity index (χ3n) is 4.82. The summed E-state index contributed by atoms with van der Waals surface area (Å²) in [6.45, 7) is 0. The lowest BCUT2D eigenvalue weighted by Crippen LogP contribution is -2.49. The summed E-state index contributed by atoms with van der Waals surface area (Å²) >= 11 is 1.27. The van der Waals surface area contributed by atoms with Crippen molar-refractivity contribution >= 4 is 29.0 Å². The molecule has 0 bridgehead atoms. The second kappa shape index (κ2) is 7.52. The van der Waals surface area contributed by atoms with Crippen molar-refractivity contribution in [1.82, 2.24) is 15.2 Å². The maximum Gasteiger partial charge on any atom is 0.416 e. The molecule has 0 radical (unpaired) electrons. The highest BCUT2D eigenvalue weighted by Crippen LogP contribution is 2.32. The van der Waals surface area contributed by atoms with Gasteiger partial charge >= 0.3 is 6.18 Å². The van der Waals surface area contributed by atoms with Crippen LogP contribution in [0.4, 0.5) is 13.2 Å². The van der Waals surface area contributed by atoms with Crippen LogP contribution in [0.15, 0.2) is 64.1 Å². The van der Waals surface area contributed by atoms with Crippen molar-refractivity contribution in [3.05, 3.63) is 75.9 Å². The fraction of sp³-hybridized carbons (Fsp3) is 0.200. The van der Waals surface area contributed by atoms with Crippen molar-refractivity contribution in [2.45, 2.75) is 12.2 Å². The number of hydrogen-bond donors (Lipinski definition) is 1. The van der Waals surface area contributed by atoms with Gasteiger partial charge in [0.15, 0.2) is 0 Å². The Hall–Kier alpha value is -3.27. The summed E-state index contributed by atoms with van der Waals surface area (Å²) in [4.78, 5) is 35.0. The highest BCUT2D eigenvalue weighted by atomic mass is 32.1. The van der Waals surface area contributed by atoms with E-state index in [2.05, 4.69) is 15.3 Å². The van der Waals surface area contributed by atoms with Crippen LogP contribution in [0.25, 0.3) is 0 Å². The van der Waals surface area contributed by atoms with E-state index in [0.29, 0.717) is 5.70 Å². The van der Waals surface area contributed by atoms with Crippen molar-refractivity contribution in [3.63, 3.8) is 0 Å². The number of nitrogens with zero attached hydrogens (tertiary/aromatic N) is 3. The van der Waals surface area contributed by atoms with E-state index >= 15 is 0 Å². The van der Waals surface area contributed by atoms with Gasteiger partial charge in [-0.3, -0.25) is 19.5 Å². The second-order valence-electron chi connectivity index (χ2n) is 6.73. The first kappa shape index (κ1) is 20.0. The van der Waals surface area contributed by atoms with Gasteiger partial charge in [0.05, 0.1) is 17.0 Å². The number of amides is 2. The first-order chi connectivity index (χ1) is 14.3. The summed E-state index contributed by atoms with van der Waals surface area (Å²) in [5.41, 5.74) is 1.47. The van der Waals surface area contributed by atoms with Crippen LogP contribution in [-0.2, 0) is 11.0 Å². The first-order valence-corrected chi connectivity index (χ1v) is 9.81. The SMILES string of the molecule is CN1C(=O)C2C=CC=C(NC(=O)c3cscn3)C2N=C1c1cccc(C(F)(F)F)c1. The molecule has 2 aromatic rings. The molecule has 1 aromatic heterocycles. The fourth-order valence-corrected chi connectivity index (χ4v) is 3.86. The van der Waals surface area contributed by atoms with Crippen LogP contribution in [-0.4, -0.2) is 40.6 Å². The average Bonchev–Trinajstić information content (AvgIpc) is 3.25. The molecule has 0 fully saturated rings. The first-order valence-electron chi connectivity index (χ1n) is 8.86. The average molecular weight is 432 g/mol. The number of hydrogen-bond acceptors (Lipinski definition) is 5. The van der Waals surface area contributed by atoms with Gasteiger partial charge in [-0.1, -0.05) is 24.3 Å². The van der Waals surface area contributed by atoms with Crippen molar-refractivity contribution < 1.29 is 22.8 Å². The molecule has 1 N–H and O–H groups in total. The Balaban J connectivity index is 1.70. The topological polar surface area (TPSA) is 74.7 Å². The van der Waals surface area contributed by atoms with E-state index in [-0.39, 0.29) is 23.0 Å². The minimum atomic E-state index is -4.52. The standard InChI is InChI=1S/C20H15F3N4O2S/c1-27-17(11-4-2-5-12(8-11)20(21,22)23)26-16-13(19(27)29)6-3-7-14(16)25-18(28)15-9-30-10-24-15/h2-10,13,16H,1H3,(H,25,28). The lowest BCUT2D eigenvalue weighted by Gasteiger charge is -2.35. The molecule has 1 aliphatic heterocycles. The summed E-state index contributed by atoms with van der Waals surface area (Å²) in [5.74, 6) is -1.33. The molecule has 2 amide bonds. The van der Waals surface area contributed by atoms with Crippen LogP contribution in [0.3, 0.4) is 0 Å². The quantitative estimate of drug-likeness (QED) is 0.809. The smallest absolute Gasteiger partial charge is 0.322 e. The molecule has 10 heteroatoms. The van der Waals surface area contributed by atoms with Crippen LogP contribution in [0.1, 0.15) is 21.6 Å². The van der Waals surface area contributed by atoms with Crippen LogP contribution >= 0.6 is 11.3 Å². The second-order valence-corrected chi connectivity index (χ2v) is 7.45. The van der Waals surface area contributed by atoms with Gasteiger partial charge in [0.25, 0.3) is 5.91 Å². The molecule has 1 aliphatic carbocycles. The molecule has 6 nitrogen and oxygen atoms in total. The molecule has 2 atom stereocenters. The number of aliphatic imine (C=N–C) groups is 1. The Bertz CT molecular complexity index is 1090. The highest BCUT2D eigenvalue weighted by molar-refractivity contribution is 7.07. The number of carbonyl (C=O) groups is 2. The van der Waals surface area contributed by atoms with Crippen LogP contribution in [0.5, 0.6) is 0 Å². The van der Waals surface area contributed by atoms with Crippen molar-refractivity contribution in [2.24, 2.45) is 10.9 Å². The Morgan fingerprint density at radius 2 is 2.10 bits per heavy atom. The zero-order chi connectivity index (χ0) is 21.5. The number of fused-ring (bicyclic) bond motifs is 1. The van der Waals surface area contributed by atoms with Crippen molar-refractivity contribution in [2.75, 3.05) is 7.05 Å². The molecular weight excluding hydrogens is 417 g/mol. The molecule has 0 saturated heterocycles. The number of carbonyl (C=O) groups excluding carboxylic acids is 2. The van der Waals surface area contributed by atoms with Crippen LogP contribution in [0, 0.1) is 5.92 Å². The maximum atomic E-state index is 13.1. The van der Waals surface area contributed by atoms with Crippen LogP contribution < -0.4 is 5.32 Å². The monoisotopic (exact) mass is 432 g/mol. The maximum absolute atomic E-state index is 13.1. The lowest BCUT2D eigenvalue weighted by molar-refractivity contribution is -0.137. The Kier molecular flexibility index (Phi) is 5.02. The van der Waals surface area contributed by atoms with E-state index < -0.39 is 29.6 Å². The van der Waals surface area contributed by atoms with E-state index in [1.165, 1.54) is 40.9 Å². The van der Waals surface area contributed by atoms with Gasteiger partial charge < -0.3 is 5.32 Å². The molecular formula is C20H15F3N4O2S. The Morgan fingerprint density at radius 3 is 2.80 bits per heavy atom. The highest BCUT2D eigenvalue weighted by Gasteiger charge is 2.40. The van der Waals surface area contributed by atoms with Gasteiger partial charge in [0.1, 0.15) is 17.6 Å². The molecule has 1 aromatic carbocycles. The predicted octanol–water partition coefficient (Wildman–Crippen LogP) is 3.25. The minimum absolute atomic E-state index is 0.108. The Morgan fingerprint density at radius 1 is 1.30 bits per heavy atom. The van der Waals surface area contributed by atoms with Gasteiger partial charge in [-0.2, -0.15) is 13.2 Å². The third-order valence-corrected chi connectivity index (χ3v) is 5.41. The van der Waals surface area contributed by atoms with Gasteiger partial charge in [-0.15, -0.1) is 11.3 Å². The number of halogens is 3. The van der Waals surface area contributed by atoms with Gasteiger partial charge in [0.2, 0.25) is 5.91 Å². The summed E-state index contributed by atoms with van der Waals surface area (Å²) in [6.07, 6.45) is 0.413. The number of thiazole rings is 1. The van der Waals surface area contributed by atoms with E-state index in [4.69, 9.17) is 0 Å². The zero-order valence-electron chi connectivity index (χ0n) is 15.6. The summed E-state index contributed by atoms with van der Waals surface area (Å²) < 4.78 is 39.4. The molecule has 0 saturated carbocycles. The summed E-state index contributed by atoms with van der Waals surface area (Å²) in [5, 5.41) is 4.31. The van der Waals surface area contributed by atoms with E-state index in [0.717, 1.165) is 12.1 Å². The number of aromatic nitrogens is 1. The normalized spacial score (nSPS) is 21.1. The largest absolute Gasteiger partial charge is 0.416 e. The minimum Gasteiger partial charge on any atom is -0.322 e. The Labute approximate surface area is 173 Å². The van der Waals surface area contributed by atoms with Crippen molar-refractivity contribution in [1.29, 1.82) is 0 Å². The molecule has 0 spiro atoms. The number of allylic oxidation sites excluding steroid dienone is 2. The predicted molar refractivity (Wildman–Crippen MR) is 105 cm³/mol. The number of benzene rings is 1. The summed E-state index contributed by atoms with van der Waals surface area (Å²) in [6, 6.07) is 3.89. The molecule has 4 rings (SSSR count). The van der Waals surface area contributed by atoms with Gasteiger partial charge in [-0.05, 0) is 18.2 Å². The van der Waals surface area contributed by atoms with E-state index in [9.17, 15) is 22.8 Å². The molecule has 30 heavy (non-hydrogen) atoms. The number of nitrogens with one attached hydrogen (secondary N) is 1. The number of rotatable bonds is 3. The zero-order valence-corrected chi connectivity index (χ0v) is 16.4. The fourth-order valence-electron chi connectivity index (χ4n) is 3.33. The third kappa shape index (κ3) is 3.65. The number of amidine groups is 1. The van der Waals surface area contributed by atoms with E-state index in [1.807, 2.05) is 0 Å². The van der Waals surface area contributed by atoms with E-state index in [1.54, 1.807) is 23.6 Å². The van der Waals surface area contributed by atoms with Gasteiger partial charge in [0, 0.05) is 23.7 Å².